The van der Waals surface area contributed by atoms with Crippen LogP contribution in [-0.2, 0) is 0 Å². The van der Waals surface area contributed by atoms with E-state index in [0.29, 0.717) is 0 Å². The second-order valence-electron chi connectivity index (χ2n) is 5.45. The first-order valence-electron chi connectivity index (χ1n) is 7.26. The van der Waals surface area contributed by atoms with Crippen molar-refractivity contribution < 1.29 is 0 Å². The Labute approximate surface area is 130 Å². The Bertz CT molecular complexity index is 650. The second kappa shape index (κ2) is 5.48. The average Bonchev–Trinajstić information content (AvgIpc) is 2.98. The lowest BCUT2D eigenvalue weighted by Gasteiger charge is -2.26. The smallest absolute Gasteiger partial charge is 0.170 e. The second-order valence-corrected chi connectivity index (χ2v) is 5.83. The minimum Gasteiger partial charge on any atom is -0.362 e. The Balaban J connectivity index is 2.07. The number of nitrogens with zero attached hydrogens (tertiary/aromatic N) is 2. The molecular formula is C16H20N4S. The van der Waals surface area contributed by atoms with Gasteiger partial charge < -0.3 is 15.2 Å². The maximum absolute atomic E-state index is 5.52. The largest absolute Gasteiger partial charge is 0.362 e. The highest BCUT2D eigenvalue weighted by Crippen LogP contribution is 2.39. The lowest BCUT2D eigenvalue weighted by molar-refractivity contribution is 0.330. The minimum absolute atomic E-state index is 0.0903. The molecule has 3 rings (SSSR count). The molecule has 0 spiro atoms. The molecule has 21 heavy (non-hydrogen) atoms. The zero-order valence-electron chi connectivity index (χ0n) is 12.6. The van der Waals surface area contributed by atoms with Crippen LogP contribution in [0.1, 0.15) is 41.7 Å². The van der Waals surface area contributed by atoms with Gasteiger partial charge in [-0.05, 0) is 56.8 Å². The number of pyridine rings is 1. The average molecular weight is 300 g/mol. The molecule has 0 bridgehead atoms. The third-order valence-corrected chi connectivity index (χ3v) is 4.40. The van der Waals surface area contributed by atoms with Crippen LogP contribution in [0, 0.1) is 13.8 Å². The molecule has 0 amide bonds. The van der Waals surface area contributed by atoms with Crippen LogP contribution in [0.4, 0.5) is 0 Å². The van der Waals surface area contributed by atoms with Crippen LogP contribution in [0.5, 0.6) is 0 Å². The van der Waals surface area contributed by atoms with Crippen molar-refractivity contribution in [1.82, 2.24) is 20.2 Å². The van der Waals surface area contributed by atoms with E-state index in [9.17, 15) is 0 Å². The Hall–Kier alpha value is -1.88. The molecule has 1 saturated heterocycles. The van der Waals surface area contributed by atoms with Crippen LogP contribution in [0.25, 0.3) is 0 Å². The first kappa shape index (κ1) is 14.1. The van der Waals surface area contributed by atoms with Crippen molar-refractivity contribution in [3.63, 3.8) is 0 Å². The SMILES string of the molecule is CCN1C(=S)N[C@@H](c2ccccn2)[C@H]1c1cc(C)[nH]c1C. The van der Waals surface area contributed by atoms with E-state index < -0.39 is 0 Å². The number of aryl methyl sites for hydroxylation is 2. The van der Waals surface area contributed by atoms with Gasteiger partial charge in [-0.15, -0.1) is 0 Å². The number of hydrogen-bond donors (Lipinski definition) is 2. The van der Waals surface area contributed by atoms with E-state index in [0.717, 1.165) is 17.4 Å². The van der Waals surface area contributed by atoms with E-state index in [2.05, 4.69) is 53.1 Å². The van der Waals surface area contributed by atoms with E-state index >= 15 is 0 Å². The van der Waals surface area contributed by atoms with Gasteiger partial charge in [0.25, 0.3) is 0 Å². The van der Waals surface area contributed by atoms with Crippen LogP contribution in [0.2, 0.25) is 0 Å². The number of H-pyrrole nitrogens is 1. The van der Waals surface area contributed by atoms with E-state index in [4.69, 9.17) is 12.2 Å². The minimum atomic E-state index is 0.0903. The van der Waals surface area contributed by atoms with Gasteiger partial charge in [0, 0.05) is 24.1 Å². The molecule has 5 heteroatoms. The number of likely N-dealkylation sites (N-methyl/N-ethyl adjacent to an activating group) is 1. The highest BCUT2D eigenvalue weighted by atomic mass is 32.1. The molecule has 3 heterocycles. The lowest BCUT2D eigenvalue weighted by atomic mass is 9.97. The van der Waals surface area contributed by atoms with E-state index in [-0.39, 0.29) is 12.1 Å². The fourth-order valence-electron chi connectivity index (χ4n) is 3.14. The molecule has 1 fully saturated rings. The quantitative estimate of drug-likeness (QED) is 0.855. The predicted octanol–water partition coefficient (Wildman–Crippen LogP) is 3.02. The fraction of sp³-hybridized carbons (Fsp3) is 0.375. The van der Waals surface area contributed by atoms with Gasteiger partial charge in [0.05, 0.1) is 17.8 Å². The number of aromatic amines is 1. The number of aromatic nitrogens is 2. The molecule has 2 aromatic rings. The van der Waals surface area contributed by atoms with Gasteiger partial charge in [-0.2, -0.15) is 0 Å². The fourth-order valence-corrected chi connectivity index (χ4v) is 3.51. The number of rotatable bonds is 3. The summed E-state index contributed by atoms with van der Waals surface area (Å²) in [6, 6.07) is 8.51. The molecule has 0 radical (unpaired) electrons. The van der Waals surface area contributed by atoms with Crippen molar-refractivity contribution in [3.05, 3.63) is 53.1 Å². The van der Waals surface area contributed by atoms with Gasteiger partial charge in [-0.25, -0.2) is 0 Å². The third kappa shape index (κ3) is 2.42. The van der Waals surface area contributed by atoms with E-state index in [1.807, 2.05) is 18.3 Å². The molecule has 2 atom stereocenters. The summed E-state index contributed by atoms with van der Waals surface area (Å²) >= 11 is 5.52. The highest BCUT2D eigenvalue weighted by molar-refractivity contribution is 7.80. The van der Waals surface area contributed by atoms with Crippen LogP contribution in [-0.4, -0.2) is 26.5 Å². The van der Waals surface area contributed by atoms with Crippen LogP contribution in [0.3, 0.4) is 0 Å². The van der Waals surface area contributed by atoms with Gasteiger partial charge in [0.2, 0.25) is 0 Å². The van der Waals surface area contributed by atoms with Crippen molar-refractivity contribution >= 4 is 17.3 Å². The first-order valence-corrected chi connectivity index (χ1v) is 7.66. The highest BCUT2D eigenvalue weighted by Gasteiger charge is 2.39. The Morgan fingerprint density at radius 3 is 2.71 bits per heavy atom. The summed E-state index contributed by atoms with van der Waals surface area (Å²) in [5, 5.41) is 4.24. The topological polar surface area (TPSA) is 44.0 Å². The van der Waals surface area contributed by atoms with Gasteiger partial charge >= 0.3 is 0 Å². The Morgan fingerprint density at radius 2 is 2.14 bits per heavy atom. The molecule has 1 aliphatic rings. The maximum Gasteiger partial charge on any atom is 0.170 e. The molecule has 0 saturated carbocycles. The Kier molecular flexibility index (Phi) is 3.68. The summed E-state index contributed by atoms with van der Waals surface area (Å²) in [7, 11) is 0. The predicted molar refractivity (Wildman–Crippen MR) is 88.1 cm³/mol. The molecule has 1 aliphatic heterocycles. The Morgan fingerprint density at radius 1 is 1.33 bits per heavy atom. The molecule has 0 aromatic carbocycles. The lowest BCUT2D eigenvalue weighted by Crippen LogP contribution is -2.29. The number of hydrogen-bond acceptors (Lipinski definition) is 2. The summed E-state index contributed by atoms with van der Waals surface area (Å²) in [4.78, 5) is 10.2. The molecule has 0 unspecified atom stereocenters. The monoisotopic (exact) mass is 300 g/mol. The molecule has 110 valence electrons. The van der Waals surface area contributed by atoms with Gasteiger partial charge in [-0.1, -0.05) is 6.07 Å². The molecule has 2 aromatic heterocycles. The van der Waals surface area contributed by atoms with Gasteiger partial charge in [0.15, 0.2) is 5.11 Å². The van der Waals surface area contributed by atoms with Crippen LogP contribution >= 0.6 is 12.2 Å². The zero-order valence-corrected chi connectivity index (χ0v) is 13.4. The molecule has 4 nitrogen and oxygen atoms in total. The normalized spacial score (nSPS) is 21.7. The van der Waals surface area contributed by atoms with Crippen LogP contribution < -0.4 is 5.32 Å². The molecular weight excluding hydrogens is 280 g/mol. The van der Waals surface area contributed by atoms with Crippen molar-refractivity contribution in [3.8, 4) is 0 Å². The summed E-state index contributed by atoms with van der Waals surface area (Å²) in [5.41, 5.74) is 4.69. The van der Waals surface area contributed by atoms with Crippen molar-refractivity contribution in [2.45, 2.75) is 32.9 Å². The van der Waals surface area contributed by atoms with Crippen molar-refractivity contribution in [2.24, 2.45) is 0 Å². The number of thiocarbonyl (C=S) groups is 1. The maximum atomic E-state index is 5.52. The summed E-state index contributed by atoms with van der Waals surface area (Å²) in [6.07, 6.45) is 1.83. The first-order chi connectivity index (χ1) is 10.1. The number of nitrogens with one attached hydrogen (secondary N) is 2. The van der Waals surface area contributed by atoms with Crippen molar-refractivity contribution in [1.29, 1.82) is 0 Å². The summed E-state index contributed by atoms with van der Waals surface area (Å²) < 4.78 is 0. The zero-order chi connectivity index (χ0) is 15.0. The third-order valence-electron chi connectivity index (χ3n) is 4.05. The van der Waals surface area contributed by atoms with E-state index in [1.54, 1.807) is 0 Å². The summed E-state index contributed by atoms with van der Waals surface area (Å²) in [6.45, 7) is 7.22. The van der Waals surface area contributed by atoms with Crippen molar-refractivity contribution in [2.75, 3.05) is 6.54 Å². The molecule has 2 N–H and O–H groups in total. The summed E-state index contributed by atoms with van der Waals surface area (Å²) in [5.74, 6) is 0. The molecule has 0 aliphatic carbocycles. The van der Waals surface area contributed by atoms with E-state index in [1.165, 1.54) is 17.0 Å². The van der Waals surface area contributed by atoms with Gasteiger partial charge in [0.1, 0.15) is 0 Å². The van der Waals surface area contributed by atoms with Gasteiger partial charge in [-0.3, -0.25) is 4.98 Å². The standard InChI is InChI=1S/C16H20N4S/c1-4-20-15(12-9-10(2)18-11(12)3)14(19-16(20)21)13-7-5-6-8-17-13/h5-9,14-15,18H,4H2,1-3H3,(H,19,21)/t14-,15+/m0/s1. The van der Waals surface area contributed by atoms with Crippen LogP contribution in [0.15, 0.2) is 30.5 Å².